The Kier molecular flexibility index (Phi) is 3.85. The number of hydrogen-bond donors (Lipinski definition) is 1. The van der Waals surface area contributed by atoms with E-state index in [0.717, 1.165) is 11.1 Å². The lowest BCUT2D eigenvalue weighted by Gasteiger charge is -2.24. The van der Waals surface area contributed by atoms with Gasteiger partial charge in [-0.25, -0.2) is 4.79 Å². The molecule has 0 saturated carbocycles. The van der Waals surface area contributed by atoms with Crippen LogP contribution in [0.2, 0.25) is 10.0 Å². The fourth-order valence-electron chi connectivity index (χ4n) is 2.48. The molecule has 0 amide bonds. The molecular formula is C17H12Cl2O3. The van der Waals surface area contributed by atoms with E-state index in [1.165, 1.54) is 6.07 Å². The zero-order chi connectivity index (χ0) is 15.9. The molecule has 1 N–H and O–H groups in total. The maximum Gasteiger partial charge on any atom is 0.335 e. The Labute approximate surface area is 137 Å². The Bertz CT molecular complexity index is 796. The van der Waals surface area contributed by atoms with Gasteiger partial charge in [0.2, 0.25) is 0 Å². The van der Waals surface area contributed by atoms with Crippen molar-refractivity contribution in [3.8, 4) is 5.75 Å². The van der Waals surface area contributed by atoms with Gasteiger partial charge in [-0.1, -0.05) is 29.3 Å². The van der Waals surface area contributed by atoms with E-state index in [4.69, 9.17) is 27.9 Å². The van der Waals surface area contributed by atoms with Gasteiger partial charge in [-0.2, -0.15) is 0 Å². The molecule has 1 atom stereocenters. The molecule has 0 saturated heterocycles. The number of ether oxygens (including phenoxy) is 1. The summed E-state index contributed by atoms with van der Waals surface area (Å²) in [4.78, 5) is 11.2. The van der Waals surface area contributed by atoms with Crippen LogP contribution in [0.3, 0.4) is 0 Å². The van der Waals surface area contributed by atoms with Crippen molar-refractivity contribution < 1.29 is 14.6 Å². The molecule has 0 spiro atoms. The summed E-state index contributed by atoms with van der Waals surface area (Å²) in [6.45, 7) is 1.91. The van der Waals surface area contributed by atoms with Crippen molar-refractivity contribution in [2.24, 2.45) is 0 Å². The van der Waals surface area contributed by atoms with E-state index in [1.807, 2.05) is 19.1 Å². The van der Waals surface area contributed by atoms with Crippen molar-refractivity contribution in [1.82, 2.24) is 0 Å². The number of hydrogen-bond acceptors (Lipinski definition) is 2. The van der Waals surface area contributed by atoms with Crippen LogP contribution in [0.25, 0.3) is 5.57 Å². The van der Waals surface area contributed by atoms with Crippen LogP contribution in [0.5, 0.6) is 5.75 Å². The summed E-state index contributed by atoms with van der Waals surface area (Å²) in [5.41, 5.74) is 2.55. The molecule has 3 rings (SSSR count). The largest absolute Gasteiger partial charge is 0.486 e. The first-order chi connectivity index (χ1) is 10.5. The van der Waals surface area contributed by atoms with Gasteiger partial charge in [-0.3, -0.25) is 0 Å². The second-order valence-corrected chi connectivity index (χ2v) is 5.89. The number of carboxylic acids is 1. The lowest BCUT2D eigenvalue weighted by molar-refractivity contribution is 0.0697. The molecule has 0 radical (unpaired) electrons. The summed E-state index contributed by atoms with van der Waals surface area (Å²) in [5.74, 6) is -0.344. The first-order valence-corrected chi connectivity index (χ1v) is 7.43. The minimum atomic E-state index is -0.983. The Morgan fingerprint density at radius 2 is 1.91 bits per heavy atom. The highest BCUT2D eigenvalue weighted by Gasteiger charge is 2.22. The average Bonchev–Trinajstić information content (AvgIpc) is 2.46. The normalized spacial score (nSPS) is 16.5. The number of aromatic carboxylic acids is 1. The third-order valence-electron chi connectivity index (χ3n) is 3.45. The predicted molar refractivity (Wildman–Crippen MR) is 87.0 cm³/mol. The van der Waals surface area contributed by atoms with Crippen molar-refractivity contribution >= 4 is 34.7 Å². The molecule has 0 aliphatic carbocycles. The van der Waals surface area contributed by atoms with Crippen LogP contribution in [-0.4, -0.2) is 17.2 Å². The zero-order valence-corrected chi connectivity index (χ0v) is 13.2. The molecule has 112 valence electrons. The smallest absolute Gasteiger partial charge is 0.335 e. The maximum atomic E-state index is 11.2. The summed E-state index contributed by atoms with van der Waals surface area (Å²) in [6, 6.07) is 10.0. The van der Waals surface area contributed by atoms with Crippen molar-refractivity contribution in [2.75, 3.05) is 0 Å². The molecule has 1 heterocycles. The van der Waals surface area contributed by atoms with E-state index >= 15 is 0 Å². The lowest BCUT2D eigenvalue weighted by Crippen LogP contribution is -2.16. The van der Waals surface area contributed by atoms with E-state index in [2.05, 4.69) is 0 Å². The molecule has 22 heavy (non-hydrogen) atoms. The summed E-state index contributed by atoms with van der Waals surface area (Å²) in [7, 11) is 0. The lowest BCUT2D eigenvalue weighted by atomic mass is 9.92. The van der Waals surface area contributed by atoms with E-state index < -0.39 is 5.97 Å². The number of rotatable bonds is 2. The molecular weight excluding hydrogens is 323 g/mol. The third-order valence-corrected chi connectivity index (χ3v) is 4.00. The molecule has 2 aromatic carbocycles. The van der Waals surface area contributed by atoms with E-state index in [-0.39, 0.29) is 11.7 Å². The van der Waals surface area contributed by atoms with Gasteiger partial charge in [0.1, 0.15) is 11.9 Å². The molecule has 0 bridgehead atoms. The Morgan fingerprint density at radius 3 is 2.59 bits per heavy atom. The molecule has 5 heteroatoms. The Morgan fingerprint density at radius 1 is 1.14 bits per heavy atom. The van der Waals surface area contributed by atoms with E-state index in [9.17, 15) is 9.90 Å². The van der Waals surface area contributed by atoms with Gasteiger partial charge in [0.05, 0.1) is 5.56 Å². The Balaban J connectivity index is 2.19. The predicted octanol–water partition coefficient (Wildman–Crippen LogP) is 4.90. The molecule has 0 aromatic heterocycles. The summed E-state index contributed by atoms with van der Waals surface area (Å²) in [5, 5.41) is 10.2. The monoisotopic (exact) mass is 334 g/mol. The number of carbonyl (C=O) groups is 1. The van der Waals surface area contributed by atoms with Crippen molar-refractivity contribution in [3.63, 3.8) is 0 Å². The summed E-state index contributed by atoms with van der Waals surface area (Å²) >= 11 is 12.2. The quantitative estimate of drug-likeness (QED) is 0.849. The topological polar surface area (TPSA) is 46.5 Å². The third kappa shape index (κ3) is 2.70. The first kappa shape index (κ1) is 14.9. The number of benzene rings is 2. The molecule has 1 aliphatic rings. The van der Waals surface area contributed by atoms with Gasteiger partial charge in [0, 0.05) is 21.2 Å². The second-order valence-electron chi connectivity index (χ2n) is 5.04. The van der Waals surface area contributed by atoms with Crippen LogP contribution in [0, 0.1) is 0 Å². The zero-order valence-electron chi connectivity index (χ0n) is 11.6. The van der Waals surface area contributed by atoms with Gasteiger partial charge in [-0.05, 0) is 48.9 Å². The fraction of sp³-hybridized carbons (Fsp3) is 0.118. The van der Waals surface area contributed by atoms with Gasteiger partial charge in [0.15, 0.2) is 0 Å². The fourth-order valence-corrected chi connectivity index (χ4v) is 2.99. The van der Waals surface area contributed by atoms with Crippen LogP contribution >= 0.6 is 23.2 Å². The summed E-state index contributed by atoms with van der Waals surface area (Å²) < 4.78 is 5.74. The van der Waals surface area contributed by atoms with Crippen molar-refractivity contribution in [2.45, 2.75) is 13.0 Å². The van der Waals surface area contributed by atoms with Crippen LogP contribution < -0.4 is 4.74 Å². The number of carboxylic acid groups (broad SMARTS) is 1. The average molecular weight is 335 g/mol. The second kappa shape index (κ2) is 5.67. The highest BCUT2D eigenvalue weighted by molar-refractivity contribution is 6.36. The van der Waals surface area contributed by atoms with Gasteiger partial charge >= 0.3 is 5.97 Å². The molecule has 1 unspecified atom stereocenters. The van der Waals surface area contributed by atoms with E-state index in [0.29, 0.717) is 21.4 Å². The standard InChI is InChI=1S/C17H12Cl2O3/c1-9-6-13(12-4-3-11(18)8-15(12)19)14-7-10(17(20)21)2-5-16(14)22-9/h2-9H,1H3,(H,20,21). The molecule has 3 nitrogen and oxygen atoms in total. The van der Waals surface area contributed by atoms with Crippen molar-refractivity contribution in [3.05, 3.63) is 69.2 Å². The minimum Gasteiger partial charge on any atom is -0.486 e. The van der Waals surface area contributed by atoms with Gasteiger partial charge in [0.25, 0.3) is 0 Å². The van der Waals surface area contributed by atoms with Crippen molar-refractivity contribution in [1.29, 1.82) is 0 Å². The molecule has 2 aromatic rings. The van der Waals surface area contributed by atoms with Crippen LogP contribution in [-0.2, 0) is 0 Å². The van der Waals surface area contributed by atoms with Crippen LogP contribution in [0.1, 0.15) is 28.4 Å². The van der Waals surface area contributed by atoms with Crippen LogP contribution in [0.15, 0.2) is 42.5 Å². The first-order valence-electron chi connectivity index (χ1n) is 6.67. The summed E-state index contributed by atoms with van der Waals surface area (Å²) in [6.07, 6.45) is 1.79. The molecule has 1 aliphatic heterocycles. The highest BCUT2D eigenvalue weighted by Crippen LogP contribution is 2.39. The number of halogens is 2. The highest BCUT2D eigenvalue weighted by atomic mass is 35.5. The SMILES string of the molecule is CC1C=C(c2ccc(Cl)cc2Cl)c2cc(C(=O)O)ccc2O1. The Hall–Kier alpha value is -1.97. The van der Waals surface area contributed by atoms with Gasteiger partial charge in [-0.15, -0.1) is 0 Å². The minimum absolute atomic E-state index is 0.134. The molecule has 0 fully saturated rings. The van der Waals surface area contributed by atoms with Crippen LogP contribution in [0.4, 0.5) is 0 Å². The number of fused-ring (bicyclic) bond motifs is 1. The van der Waals surface area contributed by atoms with E-state index in [1.54, 1.807) is 24.3 Å². The maximum absolute atomic E-state index is 11.2. The van der Waals surface area contributed by atoms with Gasteiger partial charge < -0.3 is 9.84 Å².